The molecule has 0 amide bonds. The maximum atomic E-state index is 11.5. The molecule has 98 valence electrons. The Morgan fingerprint density at radius 3 is 2.83 bits per heavy atom. The first-order valence-corrected chi connectivity index (χ1v) is 6.55. The summed E-state index contributed by atoms with van der Waals surface area (Å²) in [5, 5.41) is 0. The zero-order valence-electron chi connectivity index (χ0n) is 11.2. The van der Waals surface area contributed by atoms with Gasteiger partial charge in [0, 0.05) is 18.5 Å². The number of ether oxygens (including phenoxy) is 1. The van der Waals surface area contributed by atoms with Crippen LogP contribution in [0.25, 0.3) is 5.57 Å². The van der Waals surface area contributed by atoms with E-state index in [-0.39, 0.29) is 5.97 Å². The standard InChI is InChI=1S/C15H21NO2/c1-3-5-6-8-13(11-15(17)18-4-2)14-9-7-10-16-12-14/h7,9-12H,3-6,8H2,1-2H3. The third-order valence-corrected chi connectivity index (χ3v) is 2.66. The van der Waals surface area contributed by atoms with Gasteiger partial charge in [-0.1, -0.05) is 25.8 Å². The predicted octanol–water partition coefficient (Wildman–Crippen LogP) is 3.61. The van der Waals surface area contributed by atoms with Crippen molar-refractivity contribution in [3.63, 3.8) is 0 Å². The molecular weight excluding hydrogens is 226 g/mol. The van der Waals surface area contributed by atoms with Crippen LogP contribution in [0.1, 0.15) is 45.1 Å². The topological polar surface area (TPSA) is 39.2 Å². The molecule has 0 radical (unpaired) electrons. The summed E-state index contributed by atoms with van der Waals surface area (Å²) in [4.78, 5) is 15.6. The first-order valence-electron chi connectivity index (χ1n) is 6.55. The van der Waals surface area contributed by atoms with Gasteiger partial charge in [0.15, 0.2) is 0 Å². The van der Waals surface area contributed by atoms with Crippen LogP contribution >= 0.6 is 0 Å². The van der Waals surface area contributed by atoms with E-state index < -0.39 is 0 Å². The molecular formula is C15H21NO2. The van der Waals surface area contributed by atoms with E-state index in [1.54, 1.807) is 18.5 Å². The number of pyridine rings is 1. The maximum Gasteiger partial charge on any atom is 0.331 e. The number of carbonyl (C=O) groups is 1. The number of esters is 1. The van der Waals surface area contributed by atoms with Gasteiger partial charge >= 0.3 is 5.97 Å². The normalized spacial score (nSPS) is 11.3. The first kappa shape index (κ1) is 14.4. The second-order valence-corrected chi connectivity index (χ2v) is 4.12. The van der Waals surface area contributed by atoms with Gasteiger partial charge in [0.05, 0.1) is 6.61 Å². The van der Waals surface area contributed by atoms with E-state index in [1.165, 1.54) is 12.8 Å². The monoisotopic (exact) mass is 247 g/mol. The summed E-state index contributed by atoms with van der Waals surface area (Å²) in [5.74, 6) is -0.271. The molecule has 1 heterocycles. The summed E-state index contributed by atoms with van der Waals surface area (Å²) in [6.45, 7) is 4.38. The van der Waals surface area contributed by atoms with Gasteiger partial charge in [0.25, 0.3) is 0 Å². The Morgan fingerprint density at radius 2 is 2.22 bits per heavy atom. The molecule has 0 unspecified atom stereocenters. The SMILES string of the molecule is CCCCCC(=CC(=O)OCC)c1cccnc1. The number of hydrogen-bond donors (Lipinski definition) is 0. The van der Waals surface area contributed by atoms with Crippen molar-refractivity contribution in [2.75, 3.05) is 6.61 Å². The van der Waals surface area contributed by atoms with E-state index in [2.05, 4.69) is 11.9 Å². The van der Waals surface area contributed by atoms with Gasteiger partial charge in [0.2, 0.25) is 0 Å². The van der Waals surface area contributed by atoms with Crippen molar-refractivity contribution in [1.29, 1.82) is 0 Å². The van der Waals surface area contributed by atoms with E-state index in [1.807, 2.05) is 19.1 Å². The molecule has 0 fully saturated rings. The highest BCUT2D eigenvalue weighted by molar-refractivity contribution is 5.91. The lowest BCUT2D eigenvalue weighted by Gasteiger charge is -2.07. The summed E-state index contributed by atoms with van der Waals surface area (Å²) < 4.78 is 4.96. The third kappa shape index (κ3) is 5.13. The smallest absolute Gasteiger partial charge is 0.331 e. The summed E-state index contributed by atoms with van der Waals surface area (Å²) in [5.41, 5.74) is 2.01. The lowest BCUT2D eigenvalue weighted by Crippen LogP contribution is -2.01. The van der Waals surface area contributed by atoms with E-state index in [0.717, 1.165) is 24.0 Å². The van der Waals surface area contributed by atoms with Gasteiger partial charge in [-0.3, -0.25) is 4.98 Å². The highest BCUT2D eigenvalue weighted by atomic mass is 16.5. The lowest BCUT2D eigenvalue weighted by atomic mass is 10.0. The number of aromatic nitrogens is 1. The Balaban J connectivity index is 2.78. The second-order valence-electron chi connectivity index (χ2n) is 4.12. The molecule has 3 heteroatoms. The molecule has 3 nitrogen and oxygen atoms in total. The van der Waals surface area contributed by atoms with Crippen LogP contribution in [0.15, 0.2) is 30.6 Å². The molecule has 0 aliphatic heterocycles. The molecule has 0 aliphatic carbocycles. The summed E-state index contributed by atoms with van der Waals surface area (Å²) in [6, 6.07) is 3.86. The molecule has 0 N–H and O–H groups in total. The van der Waals surface area contributed by atoms with Crippen molar-refractivity contribution < 1.29 is 9.53 Å². The molecule has 1 aromatic heterocycles. The molecule has 0 saturated heterocycles. The Kier molecular flexibility index (Phi) is 6.77. The van der Waals surface area contributed by atoms with Crippen molar-refractivity contribution in [3.8, 4) is 0 Å². The van der Waals surface area contributed by atoms with Crippen molar-refractivity contribution in [3.05, 3.63) is 36.2 Å². The van der Waals surface area contributed by atoms with E-state index in [4.69, 9.17) is 4.74 Å². The fraction of sp³-hybridized carbons (Fsp3) is 0.467. The lowest BCUT2D eigenvalue weighted by molar-refractivity contribution is -0.137. The summed E-state index contributed by atoms with van der Waals surface area (Å²) in [6.07, 6.45) is 9.42. The Labute approximate surface area is 109 Å². The molecule has 1 aromatic rings. The molecule has 0 aliphatic rings. The van der Waals surface area contributed by atoms with E-state index >= 15 is 0 Å². The van der Waals surface area contributed by atoms with Crippen LogP contribution in [0.5, 0.6) is 0 Å². The van der Waals surface area contributed by atoms with Crippen LogP contribution in [0.3, 0.4) is 0 Å². The minimum atomic E-state index is -0.271. The van der Waals surface area contributed by atoms with Crippen LogP contribution in [0, 0.1) is 0 Å². The van der Waals surface area contributed by atoms with Gasteiger partial charge in [0.1, 0.15) is 0 Å². The molecule has 18 heavy (non-hydrogen) atoms. The van der Waals surface area contributed by atoms with E-state index in [0.29, 0.717) is 6.61 Å². The minimum absolute atomic E-state index is 0.271. The molecule has 0 spiro atoms. The van der Waals surface area contributed by atoms with Crippen molar-refractivity contribution in [2.24, 2.45) is 0 Å². The zero-order valence-corrected chi connectivity index (χ0v) is 11.2. The first-order chi connectivity index (χ1) is 8.77. The fourth-order valence-corrected chi connectivity index (χ4v) is 1.74. The van der Waals surface area contributed by atoms with Gasteiger partial charge in [-0.25, -0.2) is 4.79 Å². The van der Waals surface area contributed by atoms with Crippen LogP contribution in [0.4, 0.5) is 0 Å². The van der Waals surface area contributed by atoms with Crippen molar-refractivity contribution in [1.82, 2.24) is 4.98 Å². The van der Waals surface area contributed by atoms with Crippen LogP contribution < -0.4 is 0 Å². The number of hydrogen-bond acceptors (Lipinski definition) is 3. The maximum absolute atomic E-state index is 11.5. The molecule has 0 aromatic carbocycles. The van der Waals surface area contributed by atoms with Crippen LogP contribution in [0.2, 0.25) is 0 Å². The number of allylic oxidation sites excluding steroid dienone is 1. The van der Waals surface area contributed by atoms with E-state index in [9.17, 15) is 4.79 Å². The fourth-order valence-electron chi connectivity index (χ4n) is 1.74. The molecule has 1 rings (SSSR count). The molecule has 0 bridgehead atoms. The summed E-state index contributed by atoms with van der Waals surface area (Å²) >= 11 is 0. The van der Waals surface area contributed by atoms with Gasteiger partial charge in [-0.05, 0) is 37.0 Å². The van der Waals surface area contributed by atoms with Crippen molar-refractivity contribution in [2.45, 2.75) is 39.5 Å². The molecule has 0 saturated carbocycles. The Morgan fingerprint density at radius 1 is 1.39 bits per heavy atom. The van der Waals surface area contributed by atoms with Crippen LogP contribution in [-0.4, -0.2) is 17.6 Å². The quantitative estimate of drug-likeness (QED) is 0.420. The summed E-state index contributed by atoms with van der Waals surface area (Å²) in [7, 11) is 0. The van der Waals surface area contributed by atoms with Gasteiger partial charge < -0.3 is 4.74 Å². The number of rotatable bonds is 7. The Hall–Kier alpha value is -1.64. The average Bonchev–Trinajstić information content (AvgIpc) is 2.39. The second kappa shape index (κ2) is 8.45. The number of nitrogens with zero attached hydrogens (tertiary/aromatic N) is 1. The van der Waals surface area contributed by atoms with Crippen LogP contribution in [-0.2, 0) is 9.53 Å². The average molecular weight is 247 g/mol. The highest BCUT2D eigenvalue weighted by Crippen LogP contribution is 2.20. The van der Waals surface area contributed by atoms with Crippen molar-refractivity contribution >= 4 is 11.5 Å². The Bertz CT molecular complexity index is 385. The predicted molar refractivity (Wildman–Crippen MR) is 73.0 cm³/mol. The third-order valence-electron chi connectivity index (χ3n) is 2.66. The number of unbranched alkanes of at least 4 members (excludes halogenated alkanes) is 2. The molecule has 0 atom stereocenters. The highest BCUT2D eigenvalue weighted by Gasteiger charge is 2.05. The minimum Gasteiger partial charge on any atom is -0.463 e. The largest absolute Gasteiger partial charge is 0.463 e. The van der Waals surface area contributed by atoms with Gasteiger partial charge in [-0.15, -0.1) is 0 Å². The van der Waals surface area contributed by atoms with Gasteiger partial charge in [-0.2, -0.15) is 0 Å². The zero-order chi connectivity index (χ0) is 13.2. The number of carbonyl (C=O) groups excluding carboxylic acids is 1.